The molecule has 0 spiro atoms. The van der Waals surface area contributed by atoms with E-state index < -0.39 is 15.8 Å². The fraction of sp³-hybridized carbons (Fsp3) is 1.00. The third-order valence-corrected chi connectivity index (χ3v) is 4.28. The fourth-order valence-corrected chi connectivity index (χ4v) is 2.70. The molecule has 2 N–H and O–H groups in total. The van der Waals surface area contributed by atoms with E-state index in [1.807, 2.05) is 0 Å². The van der Waals surface area contributed by atoms with Crippen LogP contribution in [-0.4, -0.2) is 56.8 Å². The SMILES string of the molecule is CCNS(=O)(=O)N(C)CC1(O)CCOCC1. The molecule has 0 atom stereocenters. The van der Waals surface area contributed by atoms with E-state index >= 15 is 0 Å². The third-order valence-electron chi connectivity index (χ3n) is 2.68. The summed E-state index contributed by atoms with van der Waals surface area (Å²) < 4.78 is 31.9. The summed E-state index contributed by atoms with van der Waals surface area (Å²) in [5.41, 5.74) is -0.963. The molecule has 0 bridgehead atoms. The number of ether oxygens (including phenoxy) is 1. The summed E-state index contributed by atoms with van der Waals surface area (Å²) in [4.78, 5) is 0. The molecule has 16 heavy (non-hydrogen) atoms. The molecule has 0 aromatic carbocycles. The van der Waals surface area contributed by atoms with Gasteiger partial charge in [-0.3, -0.25) is 0 Å². The molecule has 0 unspecified atom stereocenters. The number of hydrogen-bond donors (Lipinski definition) is 2. The largest absolute Gasteiger partial charge is 0.388 e. The van der Waals surface area contributed by atoms with Crippen molar-refractivity contribution in [3.05, 3.63) is 0 Å². The highest BCUT2D eigenvalue weighted by Crippen LogP contribution is 2.21. The molecule has 1 rings (SSSR count). The van der Waals surface area contributed by atoms with Crippen molar-refractivity contribution in [2.45, 2.75) is 25.4 Å². The Kier molecular flexibility index (Phi) is 4.69. The average molecular weight is 252 g/mol. The van der Waals surface area contributed by atoms with E-state index in [2.05, 4.69) is 4.72 Å². The standard InChI is InChI=1S/C9H20N2O4S/c1-3-10-16(13,14)11(2)8-9(12)4-6-15-7-5-9/h10,12H,3-8H2,1-2H3. The minimum atomic E-state index is -3.47. The molecule has 1 aliphatic rings. The van der Waals surface area contributed by atoms with Gasteiger partial charge in [-0.15, -0.1) is 0 Å². The summed E-state index contributed by atoms with van der Waals surface area (Å²) in [6.07, 6.45) is 0.942. The van der Waals surface area contributed by atoms with Crippen LogP contribution >= 0.6 is 0 Å². The second-order valence-corrected chi connectivity index (χ2v) is 5.96. The molecule has 1 fully saturated rings. The molecule has 0 aliphatic carbocycles. The van der Waals surface area contributed by atoms with Crippen LogP contribution in [-0.2, 0) is 14.9 Å². The van der Waals surface area contributed by atoms with Crippen molar-refractivity contribution in [1.82, 2.24) is 9.03 Å². The molecule has 1 aliphatic heterocycles. The van der Waals surface area contributed by atoms with Gasteiger partial charge in [0.05, 0.1) is 5.60 Å². The maximum Gasteiger partial charge on any atom is 0.279 e. The first-order valence-electron chi connectivity index (χ1n) is 5.41. The second-order valence-electron chi connectivity index (χ2n) is 4.10. The molecule has 6 nitrogen and oxygen atoms in total. The Morgan fingerprint density at radius 3 is 2.50 bits per heavy atom. The number of likely N-dealkylation sites (N-methyl/N-ethyl adjacent to an activating group) is 1. The fourth-order valence-electron chi connectivity index (χ4n) is 1.70. The predicted molar refractivity (Wildman–Crippen MR) is 60.2 cm³/mol. The van der Waals surface area contributed by atoms with Crippen LogP contribution in [0, 0.1) is 0 Å². The van der Waals surface area contributed by atoms with Gasteiger partial charge in [0.25, 0.3) is 10.2 Å². The number of nitrogens with one attached hydrogen (secondary N) is 1. The first-order chi connectivity index (χ1) is 7.40. The van der Waals surface area contributed by atoms with E-state index in [0.717, 1.165) is 4.31 Å². The van der Waals surface area contributed by atoms with Gasteiger partial charge >= 0.3 is 0 Å². The Morgan fingerprint density at radius 1 is 1.44 bits per heavy atom. The normalized spacial score (nSPS) is 21.2. The summed E-state index contributed by atoms with van der Waals surface area (Å²) >= 11 is 0. The number of rotatable bonds is 5. The molecular formula is C9H20N2O4S. The lowest BCUT2D eigenvalue weighted by Gasteiger charge is -2.34. The topological polar surface area (TPSA) is 78.9 Å². The van der Waals surface area contributed by atoms with Crippen molar-refractivity contribution >= 4 is 10.2 Å². The van der Waals surface area contributed by atoms with Crippen LogP contribution in [0.4, 0.5) is 0 Å². The van der Waals surface area contributed by atoms with Crippen LogP contribution < -0.4 is 4.72 Å². The van der Waals surface area contributed by atoms with E-state index in [0.29, 0.717) is 32.6 Å². The Labute approximate surface area is 96.8 Å². The molecular weight excluding hydrogens is 232 g/mol. The average Bonchev–Trinajstić information content (AvgIpc) is 2.17. The van der Waals surface area contributed by atoms with E-state index in [-0.39, 0.29) is 6.54 Å². The van der Waals surface area contributed by atoms with E-state index in [1.165, 1.54) is 7.05 Å². The quantitative estimate of drug-likeness (QED) is 0.679. The van der Waals surface area contributed by atoms with Gasteiger partial charge in [-0.1, -0.05) is 6.92 Å². The molecule has 0 aromatic rings. The van der Waals surface area contributed by atoms with E-state index in [1.54, 1.807) is 6.92 Å². The minimum Gasteiger partial charge on any atom is -0.388 e. The smallest absolute Gasteiger partial charge is 0.279 e. The number of aliphatic hydroxyl groups is 1. The zero-order valence-corrected chi connectivity index (χ0v) is 10.6. The molecule has 0 amide bonds. The van der Waals surface area contributed by atoms with Crippen molar-refractivity contribution in [1.29, 1.82) is 0 Å². The zero-order chi connectivity index (χ0) is 12.2. The first kappa shape index (κ1) is 13.9. The van der Waals surface area contributed by atoms with Gasteiger partial charge in [0.1, 0.15) is 0 Å². The van der Waals surface area contributed by atoms with E-state index in [9.17, 15) is 13.5 Å². The van der Waals surface area contributed by atoms with Gasteiger partial charge in [-0.25, -0.2) is 4.72 Å². The Balaban J connectivity index is 2.59. The molecule has 1 heterocycles. The van der Waals surface area contributed by atoms with Crippen molar-refractivity contribution in [2.75, 3.05) is 33.4 Å². The van der Waals surface area contributed by atoms with Crippen molar-refractivity contribution in [2.24, 2.45) is 0 Å². The highest BCUT2D eigenvalue weighted by atomic mass is 32.2. The number of hydrogen-bond acceptors (Lipinski definition) is 4. The summed E-state index contributed by atoms with van der Waals surface area (Å²) in [6.45, 7) is 3.12. The van der Waals surface area contributed by atoms with Crippen LogP contribution in [0.15, 0.2) is 0 Å². The van der Waals surface area contributed by atoms with Gasteiger partial charge in [-0.2, -0.15) is 12.7 Å². The van der Waals surface area contributed by atoms with Crippen LogP contribution in [0.3, 0.4) is 0 Å². The van der Waals surface area contributed by atoms with Crippen LogP contribution in [0.2, 0.25) is 0 Å². The monoisotopic (exact) mass is 252 g/mol. The molecule has 1 saturated heterocycles. The van der Waals surface area contributed by atoms with Crippen LogP contribution in [0.1, 0.15) is 19.8 Å². The van der Waals surface area contributed by atoms with Crippen molar-refractivity contribution in [3.8, 4) is 0 Å². The summed E-state index contributed by atoms with van der Waals surface area (Å²) in [5.74, 6) is 0. The second kappa shape index (κ2) is 5.42. The van der Waals surface area contributed by atoms with Gasteiger partial charge in [-0.05, 0) is 0 Å². The lowest BCUT2D eigenvalue weighted by Crippen LogP contribution is -2.49. The minimum absolute atomic E-state index is 0.103. The third kappa shape index (κ3) is 3.67. The molecule has 0 saturated carbocycles. The Morgan fingerprint density at radius 2 is 2.00 bits per heavy atom. The molecule has 0 radical (unpaired) electrons. The molecule has 0 aromatic heterocycles. The van der Waals surface area contributed by atoms with Crippen molar-refractivity contribution in [3.63, 3.8) is 0 Å². The van der Waals surface area contributed by atoms with Gasteiger partial charge in [0, 0.05) is 46.2 Å². The van der Waals surface area contributed by atoms with Crippen LogP contribution in [0.5, 0.6) is 0 Å². The molecule has 7 heteroatoms. The molecule has 96 valence electrons. The Bertz CT molecular complexity index is 311. The van der Waals surface area contributed by atoms with Gasteiger partial charge in [0.2, 0.25) is 0 Å². The maximum absolute atomic E-state index is 11.6. The zero-order valence-electron chi connectivity index (χ0n) is 9.77. The highest BCUT2D eigenvalue weighted by Gasteiger charge is 2.34. The summed E-state index contributed by atoms with van der Waals surface area (Å²) in [7, 11) is -2.00. The highest BCUT2D eigenvalue weighted by molar-refractivity contribution is 7.87. The van der Waals surface area contributed by atoms with Crippen LogP contribution in [0.25, 0.3) is 0 Å². The number of nitrogens with zero attached hydrogens (tertiary/aromatic N) is 1. The predicted octanol–water partition coefficient (Wildman–Crippen LogP) is -0.686. The van der Waals surface area contributed by atoms with Crippen molar-refractivity contribution < 1.29 is 18.3 Å². The summed E-state index contributed by atoms with van der Waals surface area (Å²) in [6, 6.07) is 0. The maximum atomic E-state index is 11.6. The lowest BCUT2D eigenvalue weighted by atomic mass is 9.95. The lowest BCUT2D eigenvalue weighted by molar-refractivity contribution is -0.0690. The van der Waals surface area contributed by atoms with Gasteiger partial charge in [0.15, 0.2) is 0 Å². The summed E-state index contributed by atoms with van der Waals surface area (Å²) in [5, 5.41) is 10.2. The van der Waals surface area contributed by atoms with Gasteiger partial charge < -0.3 is 9.84 Å². The first-order valence-corrected chi connectivity index (χ1v) is 6.85. The Hall–Kier alpha value is -0.210. The van der Waals surface area contributed by atoms with E-state index in [4.69, 9.17) is 4.74 Å².